The monoisotopic (exact) mass is 893 g/mol. The van der Waals surface area contributed by atoms with Crippen molar-refractivity contribution >= 4 is 11.9 Å². The highest BCUT2D eigenvalue weighted by Gasteiger charge is 2.17. The molecule has 0 heterocycles. The first-order valence-electron chi connectivity index (χ1n) is 27.5. The summed E-state index contributed by atoms with van der Waals surface area (Å²) in [6.45, 7) is 7.60. The largest absolute Gasteiger partial charge is 0.462 e. The Kier molecular flexibility index (Phi) is 52.4. The summed E-state index contributed by atoms with van der Waals surface area (Å²) in [6.07, 6.45) is 70.7. The Morgan fingerprint density at radius 2 is 0.703 bits per heavy atom. The summed E-state index contributed by atoms with van der Waals surface area (Å²) in [5.74, 6) is -0.435. The molecule has 0 bridgehead atoms. The number of hydrogen-bond donors (Lipinski definition) is 0. The predicted molar refractivity (Wildman–Crippen MR) is 279 cm³/mol. The van der Waals surface area contributed by atoms with E-state index in [-0.39, 0.29) is 25.2 Å². The van der Waals surface area contributed by atoms with Crippen LogP contribution in [0.5, 0.6) is 0 Å². The molecule has 370 valence electrons. The van der Waals surface area contributed by atoms with Crippen LogP contribution in [-0.4, -0.2) is 37.9 Å². The predicted octanol–water partition coefficient (Wildman–Crippen LogP) is 18.7. The first-order chi connectivity index (χ1) is 31.6. The molecule has 0 aliphatic carbocycles. The Hall–Kier alpha value is -2.66. The summed E-state index contributed by atoms with van der Waals surface area (Å²) in [5.41, 5.74) is 0. The Morgan fingerprint density at radius 1 is 0.359 bits per heavy atom. The van der Waals surface area contributed by atoms with Gasteiger partial charge in [-0.25, -0.2) is 0 Å². The van der Waals surface area contributed by atoms with Gasteiger partial charge < -0.3 is 14.2 Å². The van der Waals surface area contributed by atoms with E-state index in [2.05, 4.69) is 93.7 Å². The van der Waals surface area contributed by atoms with Crippen molar-refractivity contribution in [1.82, 2.24) is 0 Å². The van der Waals surface area contributed by atoms with Gasteiger partial charge >= 0.3 is 11.9 Å². The summed E-state index contributed by atoms with van der Waals surface area (Å²) in [6, 6.07) is 0. The second-order valence-electron chi connectivity index (χ2n) is 18.1. The summed E-state index contributed by atoms with van der Waals surface area (Å²) in [4.78, 5) is 25.4. The standard InChI is InChI=1S/C59H104O5/c1-4-7-10-13-16-19-22-25-27-29-31-33-36-39-42-45-48-51-54-62-55-57(64-59(61)53-50-47-44-41-38-34-24-21-18-15-12-9-6-3)56-63-58(60)52-49-46-43-40-37-35-32-30-28-26-23-20-17-14-11-8-5-2/h8-9,11-12,17-18,20-21,26,28,34,38,57H,4-7,10,13-16,19,22-25,27,29-33,35-37,39-56H2,1-3H3/b11-8-,12-9-,20-17-,21-18-,28-26-,38-34-. The second-order valence-corrected chi connectivity index (χ2v) is 18.1. The van der Waals surface area contributed by atoms with E-state index in [9.17, 15) is 9.59 Å². The van der Waals surface area contributed by atoms with Gasteiger partial charge in [-0.15, -0.1) is 0 Å². The van der Waals surface area contributed by atoms with Gasteiger partial charge in [0.15, 0.2) is 6.10 Å². The number of hydrogen-bond acceptors (Lipinski definition) is 5. The zero-order chi connectivity index (χ0) is 46.3. The van der Waals surface area contributed by atoms with Crippen molar-refractivity contribution in [1.29, 1.82) is 0 Å². The van der Waals surface area contributed by atoms with E-state index in [0.717, 1.165) is 103 Å². The van der Waals surface area contributed by atoms with Gasteiger partial charge in [-0.1, -0.05) is 241 Å². The zero-order valence-corrected chi connectivity index (χ0v) is 42.5. The van der Waals surface area contributed by atoms with Crippen molar-refractivity contribution < 1.29 is 23.8 Å². The lowest BCUT2D eigenvalue weighted by Gasteiger charge is -2.18. The SMILES string of the molecule is CC/C=C\C/C=C\C/C=C\CCCCCCCCCC(=O)OCC(COCCCCCCCCCCCCCCCCCCCC)OC(=O)CCCCC/C=C\C/C=C\C/C=C\CC. The lowest BCUT2D eigenvalue weighted by molar-refractivity contribution is -0.163. The summed E-state index contributed by atoms with van der Waals surface area (Å²) in [5, 5.41) is 0. The third-order valence-corrected chi connectivity index (χ3v) is 11.7. The van der Waals surface area contributed by atoms with Crippen LogP contribution in [0.3, 0.4) is 0 Å². The maximum Gasteiger partial charge on any atom is 0.306 e. The molecule has 0 radical (unpaired) electrons. The highest BCUT2D eigenvalue weighted by Crippen LogP contribution is 2.16. The normalized spacial score (nSPS) is 12.7. The van der Waals surface area contributed by atoms with Crippen molar-refractivity contribution in [2.24, 2.45) is 0 Å². The minimum Gasteiger partial charge on any atom is -0.462 e. The third kappa shape index (κ3) is 52.0. The van der Waals surface area contributed by atoms with Gasteiger partial charge in [0, 0.05) is 19.4 Å². The third-order valence-electron chi connectivity index (χ3n) is 11.7. The average molecular weight is 893 g/mol. The van der Waals surface area contributed by atoms with E-state index in [0.29, 0.717) is 19.4 Å². The molecule has 0 aliphatic heterocycles. The molecule has 0 fully saturated rings. The van der Waals surface area contributed by atoms with Crippen molar-refractivity contribution in [3.63, 3.8) is 0 Å². The molecule has 0 aromatic heterocycles. The van der Waals surface area contributed by atoms with Crippen LogP contribution in [0, 0.1) is 0 Å². The van der Waals surface area contributed by atoms with Crippen LogP contribution in [0.1, 0.15) is 265 Å². The molecule has 64 heavy (non-hydrogen) atoms. The molecule has 0 aliphatic rings. The molecule has 0 aromatic rings. The van der Waals surface area contributed by atoms with Gasteiger partial charge in [-0.3, -0.25) is 9.59 Å². The van der Waals surface area contributed by atoms with Crippen LogP contribution in [0.4, 0.5) is 0 Å². The molecule has 1 atom stereocenters. The van der Waals surface area contributed by atoms with Gasteiger partial charge in [-0.05, 0) is 83.5 Å². The molecule has 0 N–H and O–H groups in total. The molecular formula is C59H104O5. The van der Waals surface area contributed by atoms with Crippen LogP contribution >= 0.6 is 0 Å². The fourth-order valence-corrected chi connectivity index (χ4v) is 7.72. The highest BCUT2D eigenvalue weighted by atomic mass is 16.6. The molecule has 5 nitrogen and oxygen atoms in total. The Bertz CT molecular complexity index is 1150. The molecule has 0 spiro atoms. The highest BCUT2D eigenvalue weighted by molar-refractivity contribution is 5.70. The number of esters is 2. The topological polar surface area (TPSA) is 61.8 Å². The molecule has 0 saturated heterocycles. The number of unbranched alkanes of at least 4 members (excludes halogenated alkanes) is 27. The van der Waals surface area contributed by atoms with E-state index in [4.69, 9.17) is 14.2 Å². The minimum absolute atomic E-state index is 0.0683. The van der Waals surface area contributed by atoms with Crippen LogP contribution in [0.15, 0.2) is 72.9 Å². The molecule has 0 amide bonds. The maximum atomic E-state index is 12.8. The molecule has 0 saturated carbocycles. The quantitative estimate of drug-likeness (QED) is 0.0346. The molecule has 1 unspecified atom stereocenters. The molecular weight excluding hydrogens is 789 g/mol. The first kappa shape index (κ1) is 61.3. The smallest absolute Gasteiger partial charge is 0.306 e. The molecule has 5 heteroatoms. The van der Waals surface area contributed by atoms with Gasteiger partial charge in [0.25, 0.3) is 0 Å². The zero-order valence-electron chi connectivity index (χ0n) is 42.5. The van der Waals surface area contributed by atoms with Crippen molar-refractivity contribution in [3.05, 3.63) is 72.9 Å². The van der Waals surface area contributed by atoms with Crippen molar-refractivity contribution in [2.45, 2.75) is 271 Å². The average Bonchev–Trinajstić information content (AvgIpc) is 3.30. The Balaban J connectivity index is 4.27. The number of allylic oxidation sites excluding steroid dienone is 12. The van der Waals surface area contributed by atoms with E-state index in [1.165, 1.54) is 128 Å². The number of ether oxygens (including phenoxy) is 3. The number of carbonyl (C=O) groups excluding carboxylic acids is 2. The molecule has 0 aromatic carbocycles. The maximum absolute atomic E-state index is 12.8. The van der Waals surface area contributed by atoms with E-state index >= 15 is 0 Å². The lowest BCUT2D eigenvalue weighted by Crippen LogP contribution is -2.30. The summed E-state index contributed by atoms with van der Waals surface area (Å²) in [7, 11) is 0. The van der Waals surface area contributed by atoms with Gasteiger partial charge in [0.2, 0.25) is 0 Å². The van der Waals surface area contributed by atoms with Gasteiger partial charge in [-0.2, -0.15) is 0 Å². The number of rotatable bonds is 50. The fraction of sp³-hybridized carbons (Fsp3) is 0.763. The first-order valence-corrected chi connectivity index (χ1v) is 27.5. The summed E-state index contributed by atoms with van der Waals surface area (Å²) >= 11 is 0. The molecule has 0 rings (SSSR count). The lowest BCUT2D eigenvalue weighted by atomic mass is 10.0. The second kappa shape index (κ2) is 54.7. The summed E-state index contributed by atoms with van der Waals surface area (Å²) < 4.78 is 17.4. The van der Waals surface area contributed by atoms with Gasteiger partial charge in [0.05, 0.1) is 6.61 Å². The Morgan fingerprint density at radius 3 is 1.14 bits per heavy atom. The fourth-order valence-electron chi connectivity index (χ4n) is 7.72. The van der Waals surface area contributed by atoms with Crippen LogP contribution in [0.2, 0.25) is 0 Å². The van der Waals surface area contributed by atoms with Crippen LogP contribution < -0.4 is 0 Å². The van der Waals surface area contributed by atoms with E-state index < -0.39 is 6.10 Å². The van der Waals surface area contributed by atoms with Crippen molar-refractivity contribution in [2.75, 3.05) is 19.8 Å². The van der Waals surface area contributed by atoms with E-state index in [1.807, 2.05) is 0 Å². The van der Waals surface area contributed by atoms with Crippen LogP contribution in [-0.2, 0) is 23.8 Å². The van der Waals surface area contributed by atoms with Gasteiger partial charge in [0.1, 0.15) is 6.61 Å². The van der Waals surface area contributed by atoms with Crippen LogP contribution in [0.25, 0.3) is 0 Å². The Labute approximate surface area is 397 Å². The van der Waals surface area contributed by atoms with Crippen molar-refractivity contribution in [3.8, 4) is 0 Å². The number of carbonyl (C=O) groups is 2. The minimum atomic E-state index is -0.556. The van der Waals surface area contributed by atoms with E-state index in [1.54, 1.807) is 0 Å².